The van der Waals surface area contributed by atoms with E-state index in [1.165, 1.54) is 24.7 Å². The molecule has 15 heavy (non-hydrogen) atoms. The summed E-state index contributed by atoms with van der Waals surface area (Å²) in [4.78, 5) is 7.57. The molecule has 0 unspecified atom stereocenters. The van der Waals surface area contributed by atoms with Crippen molar-refractivity contribution >= 4 is 17.4 Å². The lowest BCUT2D eigenvalue weighted by Gasteiger charge is -2.06. The first-order valence-electron chi connectivity index (χ1n) is 4.20. The van der Waals surface area contributed by atoms with Crippen LogP contribution in [0.1, 0.15) is 0 Å². The largest absolute Gasteiger partial charge is 0.383 e. The molecule has 3 nitrogen and oxygen atoms in total. The molecule has 0 aliphatic rings. The third-order valence-electron chi connectivity index (χ3n) is 1.98. The first-order valence-corrected chi connectivity index (χ1v) is 4.58. The average Bonchev–Trinajstić information content (AvgIpc) is 2.20. The Hall–Kier alpha value is -1.68. The van der Waals surface area contributed by atoms with Crippen molar-refractivity contribution in [3.8, 4) is 11.1 Å². The van der Waals surface area contributed by atoms with Crippen LogP contribution < -0.4 is 5.73 Å². The summed E-state index contributed by atoms with van der Waals surface area (Å²) in [5, 5.41) is 0.288. The van der Waals surface area contributed by atoms with Gasteiger partial charge in [-0.2, -0.15) is 0 Å². The van der Waals surface area contributed by atoms with Crippen LogP contribution in [0.3, 0.4) is 0 Å². The van der Waals surface area contributed by atoms with E-state index in [4.69, 9.17) is 17.3 Å². The standard InChI is InChI=1S/C10H7ClFN3/c11-7-2-1-3-8(12)9(7)6-4-14-5-15-10(6)13/h1-5H,(H2,13,14,15). The van der Waals surface area contributed by atoms with Crippen molar-refractivity contribution in [1.29, 1.82) is 0 Å². The average molecular weight is 224 g/mol. The van der Waals surface area contributed by atoms with Gasteiger partial charge in [-0.3, -0.25) is 0 Å². The molecular formula is C10H7ClFN3. The van der Waals surface area contributed by atoms with Gasteiger partial charge < -0.3 is 5.73 Å². The van der Waals surface area contributed by atoms with Crippen LogP contribution in [0.4, 0.5) is 10.2 Å². The van der Waals surface area contributed by atoms with Crippen LogP contribution in [-0.2, 0) is 0 Å². The Morgan fingerprint density at radius 1 is 1.33 bits per heavy atom. The van der Waals surface area contributed by atoms with E-state index in [0.29, 0.717) is 5.56 Å². The second-order valence-corrected chi connectivity index (χ2v) is 3.33. The molecule has 0 aliphatic carbocycles. The number of rotatable bonds is 1. The van der Waals surface area contributed by atoms with Crippen LogP contribution in [0.2, 0.25) is 5.02 Å². The molecule has 1 heterocycles. The maximum atomic E-state index is 13.5. The zero-order chi connectivity index (χ0) is 10.8. The molecular weight excluding hydrogens is 217 g/mol. The van der Waals surface area contributed by atoms with Gasteiger partial charge in [-0.05, 0) is 12.1 Å². The summed E-state index contributed by atoms with van der Waals surface area (Å²) >= 11 is 5.88. The predicted octanol–water partition coefficient (Wildman–Crippen LogP) is 2.52. The van der Waals surface area contributed by atoms with E-state index in [9.17, 15) is 4.39 Å². The van der Waals surface area contributed by atoms with Gasteiger partial charge in [-0.25, -0.2) is 14.4 Å². The summed E-state index contributed by atoms with van der Waals surface area (Å²) in [6, 6.07) is 4.43. The monoisotopic (exact) mass is 223 g/mol. The summed E-state index contributed by atoms with van der Waals surface area (Å²) in [6.45, 7) is 0. The molecule has 1 aromatic carbocycles. The highest BCUT2D eigenvalue weighted by Crippen LogP contribution is 2.32. The van der Waals surface area contributed by atoms with Crippen LogP contribution in [0.15, 0.2) is 30.7 Å². The van der Waals surface area contributed by atoms with Crippen LogP contribution >= 0.6 is 11.6 Å². The van der Waals surface area contributed by atoms with Gasteiger partial charge in [0.1, 0.15) is 18.0 Å². The number of benzene rings is 1. The van der Waals surface area contributed by atoms with Crippen LogP contribution in [0.5, 0.6) is 0 Å². The molecule has 0 saturated carbocycles. The molecule has 0 spiro atoms. The van der Waals surface area contributed by atoms with Crippen molar-refractivity contribution in [2.75, 3.05) is 5.73 Å². The van der Waals surface area contributed by atoms with Gasteiger partial charge >= 0.3 is 0 Å². The number of nitrogen functional groups attached to an aromatic ring is 1. The van der Waals surface area contributed by atoms with E-state index in [-0.39, 0.29) is 16.4 Å². The fraction of sp³-hybridized carbons (Fsp3) is 0. The van der Waals surface area contributed by atoms with E-state index < -0.39 is 5.82 Å². The van der Waals surface area contributed by atoms with Crippen LogP contribution in [0, 0.1) is 5.82 Å². The highest BCUT2D eigenvalue weighted by atomic mass is 35.5. The third kappa shape index (κ3) is 1.76. The van der Waals surface area contributed by atoms with Gasteiger partial charge in [0.2, 0.25) is 0 Å². The summed E-state index contributed by atoms with van der Waals surface area (Å²) in [6.07, 6.45) is 2.74. The zero-order valence-corrected chi connectivity index (χ0v) is 8.37. The first-order chi connectivity index (χ1) is 7.20. The Morgan fingerprint density at radius 3 is 2.80 bits per heavy atom. The minimum absolute atomic E-state index is 0.206. The Balaban J connectivity index is 2.69. The molecule has 1 aromatic heterocycles. The lowest BCUT2D eigenvalue weighted by Crippen LogP contribution is -1.96. The molecule has 0 amide bonds. The molecule has 0 saturated heterocycles. The van der Waals surface area contributed by atoms with Crippen LogP contribution in [0.25, 0.3) is 11.1 Å². The van der Waals surface area contributed by atoms with Crippen molar-refractivity contribution in [2.24, 2.45) is 0 Å². The predicted molar refractivity (Wildman–Crippen MR) is 56.8 cm³/mol. The van der Waals surface area contributed by atoms with E-state index in [1.54, 1.807) is 6.07 Å². The normalized spacial score (nSPS) is 10.3. The molecule has 2 N–H and O–H groups in total. The Morgan fingerprint density at radius 2 is 2.13 bits per heavy atom. The van der Waals surface area contributed by atoms with E-state index in [1.807, 2.05) is 0 Å². The number of aromatic nitrogens is 2. The Bertz CT molecular complexity index is 482. The fourth-order valence-corrected chi connectivity index (χ4v) is 1.55. The number of hydrogen-bond donors (Lipinski definition) is 1. The van der Waals surface area contributed by atoms with Gasteiger partial charge in [-0.1, -0.05) is 17.7 Å². The molecule has 0 radical (unpaired) electrons. The molecule has 76 valence electrons. The van der Waals surface area contributed by atoms with Gasteiger partial charge in [-0.15, -0.1) is 0 Å². The van der Waals surface area contributed by atoms with Crippen molar-refractivity contribution in [1.82, 2.24) is 9.97 Å². The number of nitrogens with zero attached hydrogens (tertiary/aromatic N) is 2. The van der Waals surface area contributed by atoms with Crippen molar-refractivity contribution in [3.05, 3.63) is 41.6 Å². The van der Waals surface area contributed by atoms with E-state index in [0.717, 1.165) is 0 Å². The lowest BCUT2D eigenvalue weighted by molar-refractivity contribution is 0.631. The molecule has 0 atom stereocenters. The molecule has 0 fully saturated rings. The molecule has 0 bridgehead atoms. The minimum atomic E-state index is -0.441. The van der Waals surface area contributed by atoms with Gasteiger partial charge in [0.15, 0.2) is 0 Å². The van der Waals surface area contributed by atoms with Crippen molar-refractivity contribution in [3.63, 3.8) is 0 Å². The highest BCUT2D eigenvalue weighted by molar-refractivity contribution is 6.33. The summed E-state index contributed by atoms with van der Waals surface area (Å²) in [7, 11) is 0. The number of hydrogen-bond acceptors (Lipinski definition) is 3. The second kappa shape index (κ2) is 3.82. The van der Waals surface area contributed by atoms with Crippen molar-refractivity contribution < 1.29 is 4.39 Å². The van der Waals surface area contributed by atoms with Gasteiger partial charge in [0.25, 0.3) is 0 Å². The topological polar surface area (TPSA) is 51.8 Å². The third-order valence-corrected chi connectivity index (χ3v) is 2.29. The zero-order valence-electron chi connectivity index (χ0n) is 7.61. The summed E-state index contributed by atoms with van der Waals surface area (Å²) < 4.78 is 13.5. The van der Waals surface area contributed by atoms with Gasteiger partial charge in [0, 0.05) is 17.3 Å². The summed E-state index contributed by atoms with van der Waals surface area (Å²) in [5.41, 5.74) is 6.25. The molecule has 5 heteroatoms. The summed E-state index contributed by atoms with van der Waals surface area (Å²) in [5.74, 6) is -0.235. The number of anilines is 1. The quantitative estimate of drug-likeness (QED) is 0.808. The number of nitrogens with two attached hydrogens (primary N) is 1. The van der Waals surface area contributed by atoms with Crippen LogP contribution in [-0.4, -0.2) is 9.97 Å². The Kier molecular flexibility index (Phi) is 2.51. The smallest absolute Gasteiger partial charge is 0.134 e. The van der Waals surface area contributed by atoms with Crippen molar-refractivity contribution in [2.45, 2.75) is 0 Å². The lowest BCUT2D eigenvalue weighted by atomic mass is 10.1. The van der Waals surface area contributed by atoms with E-state index in [2.05, 4.69) is 9.97 Å². The maximum Gasteiger partial charge on any atom is 0.134 e. The SMILES string of the molecule is Nc1ncncc1-c1c(F)cccc1Cl. The fourth-order valence-electron chi connectivity index (χ4n) is 1.29. The Labute approximate surface area is 90.7 Å². The highest BCUT2D eigenvalue weighted by Gasteiger charge is 2.12. The van der Waals surface area contributed by atoms with E-state index >= 15 is 0 Å². The van der Waals surface area contributed by atoms with Gasteiger partial charge in [0.05, 0.1) is 5.02 Å². The minimum Gasteiger partial charge on any atom is -0.383 e. The molecule has 2 aromatic rings. The molecule has 0 aliphatic heterocycles. The second-order valence-electron chi connectivity index (χ2n) is 2.92. The first kappa shape index (κ1) is 9.86. The molecule has 2 rings (SSSR count). The number of halogens is 2. The maximum absolute atomic E-state index is 13.5.